The standard InChI is InChI=1S/C8H6F2O5S/c9-6-3-5(16(10,13)14)1-2-7(6)15-4-8(11)12/h1-3H,4H2,(H,11,12). The van der Waals surface area contributed by atoms with Crippen LogP contribution < -0.4 is 4.74 Å². The molecule has 1 aromatic rings. The fourth-order valence-electron chi connectivity index (χ4n) is 0.890. The van der Waals surface area contributed by atoms with E-state index in [2.05, 4.69) is 4.74 Å². The molecule has 0 aliphatic carbocycles. The van der Waals surface area contributed by atoms with Crippen LogP contribution >= 0.6 is 0 Å². The molecule has 0 bridgehead atoms. The van der Waals surface area contributed by atoms with Gasteiger partial charge in [0.05, 0.1) is 0 Å². The molecule has 0 atom stereocenters. The lowest BCUT2D eigenvalue weighted by Crippen LogP contribution is -2.10. The molecule has 0 radical (unpaired) electrons. The molecule has 1 aromatic carbocycles. The highest BCUT2D eigenvalue weighted by atomic mass is 32.3. The lowest BCUT2D eigenvalue weighted by Gasteiger charge is -2.04. The third-order valence-electron chi connectivity index (χ3n) is 1.54. The van der Waals surface area contributed by atoms with Gasteiger partial charge in [-0.15, -0.1) is 3.89 Å². The number of rotatable bonds is 4. The second-order valence-electron chi connectivity index (χ2n) is 2.71. The van der Waals surface area contributed by atoms with Gasteiger partial charge in [-0.1, -0.05) is 0 Å². The van der Waals surface area contributed by atoms with Gasteiger partial charge in [-0.25, -0.2) is 9.18 Å². The second kappa shape index (κ2) is 4.44. The normalized spacial score (nSPS) is 11.1. The van der Waals surface area contributed by atoms with E-state index in [1.807, 2.05) is 0 Å². The Morgan fingerprint density at radius 1 is 1.44 bits per heavy atom. The van der Waals surface area contributed by atoms with Crippen molar-refractivity contribution in [1.29, 1.82) is 0 Å². The van der Waals surface area contributed by atoms with Gasteiger partial charge in [0, 0.05) is 0 Å². The van der Waals surface area contributed by atoms with Crippen molar-refractivity contribution in [2.75, 3.05) is 6.61 Å². The molecule has 0 heterocycles. The highest BCUT2D eigenvalue weighted by Crippen LogP contribution is 2.22. The van der Waals surface area contributed by atoms with Gasteiger partial charge in [-0.3, -0.25) is 0 Å². The third-order valence-corrected chi connectivity index (χ3v) is 2.35. The Kier molecular flexibility index (Phi) is 3.43. The molecule has 5 nitrogen and oxygen atoms in total. The molecule has 16 heavy (non-hydrogen) atoms. The van der Waals surface area contributed by atoms with Crippen molar-refractivity contribution in [3.8, 4) is 5.75 Å². The van der Waals surface area contributed by atoms with Gasteiger partial charge >= 0.3 is 16.2 Å². The van der Waals surface area contributed by atoms with E-state index in [-0.39, 0.29) is 0 Å². The molecular formula is C8H6F2O5S. The minimum Gasteiger partial charge on any atom is -0.479 e. The van der Waals surface area contributed by atoms with Crippen LogP contribution in [-0.2, 0) is 15.0 Å². The Morgan fingerprint density at radius 3 is 2.50 bits per heavy atom. The summed E-state index contributed by atoms with van der Waals surface area (Å²) in [6, 6.07) is 2.02. The van der Waals surface area contributed by atoms with E-state index in [9.17, 15) is 21.5 Å². The van der Waals surface area contributed by atoms with Crippen LogP contribution in [0, 0.1) is 5.82 Å². The van der Waals surface area contributed by atoms with Crippen LogP contribution in [0.3, 0.4) is 0 Å². The van der Waals surface area contributed by atoms with E-state index in [1.54, 1.807) is 0 Å². The molecule has 0 saturated carbocycles. The fourth-order valence-corrected chi connectivity index (χ4v) is 1.36. The minimum absolute atomic E-state index is 0.409. The van der Waals surface area contributed by atoms with Crippen molar-refractivity contribution in [3.63, 3.8) is 0 Å². The Balaban J connectivity index is 2.96. The summed E-state index contributed by atoms with van der Waals surface area (Å²) in [7, 11) is -4.99. The quantitative estimate of drug-likeness (QED) is 0.807. The van der Waals surface area contributed by atoms with E-state index < -0.39 is 39.3 Å². The Hall–Kier alpha value is -1.70. The van der Waals surface area contributed by atoms with Gasteiger partial charge in [-0.05, 0) is 18.2 Å². The molecule has 88 valence electrons. The molecule has 0 aromatic heterocycles. The molecule has 0 aliphatic heterocycles. The number of hydrogen-bond acceptors (Lipinski definition) is 4. The van der Waals surface area contributed by atoms with Crippen LogP contribution in [0.15, 0.2) is 23.1 Å². The van der Waals surface area contributed by atoms with Gasteiger partial charge in [0.15, 0.2) is 18.2 Å². The maximum atomic E-state index is 13.1. The number of hydrogen-bond donors (Lipinski definition) is 1. The van der Waals surface area contributed by atoms with Crippen LogP contribution in [0.4, 0.5) is 8.28 Å². The largest absolute Gasteiger partial charge is 0.479 e. The predicted molar refractivity (Wildman–Crippen MR) is 47.8 cm³/mol. The first kappa shape index (κ1) is 12.4. The highest BCUT2D eigenvalue weighted by Gasteiger charge is 2.15. The van der Waals surface area contributed by atoms with E-state index in [1.165, 1.54) is 0 Å². The molecular weight excluding hydrogens is 246 g/mol. The number of carboxylic acid groups (broad SMARTS) is 1. The average Bonchev–Trinajstić information content (AvgIpc) is 2.14. The van der Waals surface area contributed by atoms with Crippen molar-refractivity contribution in [2.24, 2.45) is 0 Å². The summed E-state index contributed by atoms with van der Waals surface area (Å²) in [6.45, 7) is -0.779. The van der Waals surface area contributed by atoms with Gasteiger partial charge in [0.25, 0.3) is 0 Å². The number of carboxylic acids is 1. The summed E-state index contributed by atoms with van der Waals surface area (Å²) in [5.74, 6) is -2.93. The van der Waals surface area contributed by atoms with Crippen molar-refractivity contribution in [1.82, 2.24) is 0 Å². The Bertz CT molecular complexity index is 511. The topological polar surface area (TPSA) is 80.7 Å². The first-order valence-corrected chi connectivity index (χ1v) is 5.28. The highest BCUT2D eigenvalue weighted by molar-refractivity contribution is 7.86. The summed E-state index contributed by atoms with van der Waals surface area (Å²) >= 11 is 0. The number of halogens is 2. The minimum atomic E-state index is -4.99. The predicted octanol–water partition coefficient (Wildman–Crippen LogP) is 0.947. The molecule has 0 saturated heterocycles. The number of carbonyl (C=O) groups is 1. The van der Waals surface area contributed by atoms with E-state index in [0.29, 0.717) is 6.07 Å². The van der Waals surface area contributed by atoms with E-state index >= 15 is 0 Å². The molecule has 0 amide bonds. The van der Waals surface area contributed by atoms with Gasteiger partial charge in [-0.2, -0.15) is 8.42 Å². The first-order chi connectivity index (χ1) is 7.30. The first-order valence-electron chi connectivity index (χ1n) is 3.89. The monoisotopic (exact) mass is 252 g/mol. The van der Waals surface area contributed by atoms with Gasteiger partial charge < -0.3 is 9.84 Å². The SMILES string of the molecule is O=C(O)COc1ccc(S(=O)(=O)F)cc1F. The summed E-state index contributed by atoms with van der Waals surface area (Å²) in [4.78, 5) is 9.25. The molecule has 0 fully saturated rings. The van der Waals surface area contributed by atoms with Crippen LogP contribution in [-0.4, -0.2) is 26.1 Å². The number of ether oxygens (including phenoxy) is 1. The fraction of sp³-hybridized carbons (Fsp3) is 0.125. The maximum Gasteiger partial charge on any atom is 0.341 e. The lowest BCUT2D eigenvalue weighted by molar-refractivity contribution is -0.139. The van der Waals surface area contributed by atoms with E-state index in [0.717, 1.165) is 12.1 Å². The van der Waals surface area contributed by atoms with Crippen molar-refractivity contribution in [2.45, 2.75) is 4.90 Å². The third kappa shape index (κ3) is 3.16. The van der Waals surface area contributed by atoms with Gasteiger partial charge in [0.1, 0.15) is 4.90 Å². The number of benzene rings is 1. The van der Waals surface area contributed by atoms with Crippen LogP contribution in [0.2, 0.25) is 0 Å². The van der Waals surface area contributed by atoms with Crippen LogP contribution in [0.5, 0.6) is 5.75 Å². The Morgan fingerprint density at radius 2 is 2.06 bits per heavy atom. The van der Waals surface area contributed by atoms with Crippen molar-refractivity contribution < 1.29 is 31.3 Å². The second-order valence-corrected chi connectivity index (χ2v) is 4.06. The molecule has 0 aliphatic rings. The molecule has 1 N–H and O–H groups in total. The molecule has 0 spiro atoms. The summed E-state index contributed by atoms with van der Waals surface area (Å²) in [5, 5.41) is 8.25. The van der Waals surface area contributed by atoms with Gasteiger partial charge in [0.2, 0.25) is 0 Å². The number of aliphatic carboxylic acids is 1. The lowest BCUT2D eigenvalue weighted by atomic mass is 10.3. The van der Waals surface area contributed by atoms with E-state index in [4.69, 9.17) is 5.11 Å². The van der Waals surface area contributed by atoms with Crippen molar-refractivity contribution >= 4 is 16.2 Å². The molecule has 1 rings (SSSR count). The zero-order chi connectivity index (χ0) is 12.3. The van der Waals surface area contributed by atoms with Crippen LogP contribution in [0.25, 0.3) is 0 Å². The molecule has 8 heteroatoms. The van der Waals surface area contributed by atoms with Crippen molar-refractivity contribution in [3.05, 3.63) is 24.0 Å². The summed E-state index contributed by atoms with van der Waals surface area (Å²) in [6.07, 6.45) is 0. The van der Waals surface area contributed by atoms with Crippen LogP contribution in [0.1, 0.15) is 0 Å². The Labute approximate surface area is 89.5 Å². The zero-order valence-electron chi connectivity index (χ0n) is 7.68. The summed E-state index contributed by atoms with van der Waals surface area (Å²) in [5.41, 5.74) is 0. The summed E-state index contributed by atoms with van der Waals surface area (Å²) < 4.78 is 50.8. The molecule has 0 unspecified atom stereocenters. The maximum absolute atomic E-state index is 13.1. The average molecular weight is 252 g/mol. The smallest absolute Gasteiger partial charge is 0.341 e. The zero-order valence-corrected chi connectivity index (χ0v) is 8.50.